The lowest BCUT2D eigenvalue weighted by molar-refractivity contribution is -0.159. The molecule has 3 N–H and O–H groups in total. The number of aliphatic hydroxyl groups is 1. The Hall–Kier alpha value is -2.05. The summed E-state index contributed by atoms with van der Waals surface area (Å²) >= 11 is 5.95. The Bertz CT molecular complexity index is 807. The van der Waals surface area contributed by atoms with Gasteiger partial charge in [0.25, 0.3) is 5.56 Å². The van der Waals surface area contributed by atoms with Gasteiger partial charge in [-0.1, -0.05) is 23.7 Å². The lowest BCUT2D eigenvalue weighted by Crippen LogP contribution is -2.50. The van der Waals surface area contributed by atoms with E-state index in [0.717, 1.165) is 5.56 Å². The third-order valence-corrected chi connectivity index (χ3v) is 4.77. The Balaban J connectivity index is 2.20. The molecule has 3 rings (SSSR count). The van der Waals surface area contributed by atoms with Crippen molar-refractivity contribution in [2.45, 2.75) is 31.8 Å². The normalized spacial score (nSPS) is 26.0. The minimum Gasteiger partial charge on any atom is -0.466 e. The average Bonchev–Trinajstić information content (AvgIpc) is 2.86. The molecule has 0 spiro atoms. The van der Waals surface area contributed by atoms with Crippen molar-refractivity contribution >= 4 is 17.6 Å². The minimum atomic E-state index is -1.35. The molecule has 24 heavy (non-hydrogen) atoms. The van der Waals surface area contributed by atoms with Crippen LogP contribution in [0, 0.1) is 5.92 Å². The summed E-state index contributed by atoms with van der Waals surface area (Å²) in [6, 6.07) is 6.92. The van der Waals surface area contributed by atoms with Gasteiger partial charge in [0.1, 0.15) is 0 Å². The van der Waals surface area contributed by atoms with Crippen molar-refractivity contribution in [3.63, 3.8) is 0 Å². The number of aromatic amines is 2. The zero-order valence-corrected chi connectivity index (χ0v) is 14.2. The molecule has 0 bridgehead atoms. The number of rotatable bonds is 3. The molecule has 0 radical (unpaired) electrons. The molecule has 0 saturated heterocycles. The zero-order chi connectivity index (χ0) is 17.5. The van der Waals surface area contributed by atoms with Gasteiger partial charge in [-0.3, -0.25) is 14.7 Å². The number of ether oxygens (including phenoxy) is 1. The van der Waals surface area contributed by atoms with Crippen LogP contribution in [0.25, 0.3) is 0 Å². The minimum absolute atomic E-state index is 0.161. The molecule has 1 aromatic carbocycles. The molecule has 0 amide bonds. The molecule has 7 heteroatoms. The predicted molar refractivity (Wildman–Crippen MR) is 89.2 cm³/mol. The van der Waals surface area contributed by atoms with Gasteiger partial charge in [-0.05, 0) is 31.5 Å². The number of aromatic nitrogens is 2. The van der Waals surface area contributed by atoms with E-state index in [1.807, 2.05) is 0 Å². The molecular formula is C17H19ClN2O4. The molecule has 1 aliphatic carbocycles. The molecule has 0 fully saturated rings. The fourth-order valence-corrected chi connectivity index (χ4v) is 3.64. The number of fused-ring (bicyclic) bond motifs is 1. The van der Waals surface area contributed by atoms with Crippen LogP contribution in [0.4, 0.5) is 0 Å². The van der Waals surface area contributed by atoms with Crippen molar-refractivity contribution in [2.24, 2.45) is 5.92 Å². The quantitative estimate of drug-likeness (QED) is 0.737. The van der Waals surface area contributed by atoms with Crippen molar-refractivity contribution in [3.05, 3.63) is 56.5 Å². The largest absolute Gasteiger partial charge is 0.466 e. The molecular weight excluding hydrogens is 332 g/mol. The van der Waals surface area contributed by atoms with E-state index < -0.39 is 23.4 Å². The summed E-state index contributed by atoms with van der Waals surface area (Å²) in [5.41, 5.74) is 0.139. The number of nitrogens with one attached hydrogen (secondary N) is 2. The number of carbonyl (C=O) groups is 1. The number of H-pyrrole nitrogens is 2. The SMILES string of the molecule is CCOC(=O)C1C(c2ccc(Cl)cc2)c2c([nH][nH]c2=O)CC1(C)O. The third-order valence-electron chi connectivity index (χ3n) is 4.52. The second kappa shape index (κ2) is 6.11. The summed E-state index contributed by atoms with van der Waals surface area (Å²) in [5.74, 6) is -2.02. The molecule has 3 unspecified atom stereocenters. The smallest absolute Gasteiger partial charge is 0.312 e. The Morgan fingerprint density at radius 1 is 1.38 bits per heavy atom. The lowest BCUT2D eigenvalue weighted by Gasteiger charge is -2.40. The summed E-state index contributed by atoms with van der Waals surface area (Å²) in [4.78, 5) is 24.9. The van der Waals surface area contributed by atoms with Gasteiger partial charge >= 0.3 is 5.97 Å². The van der Waals surface area contributed by atoms with Crippen molar-refractivity contribution in [1.29, 1.82) is 0 Å². The second-order valence-corrected chi connectivity index (χ2v) is 6.70. The number of halogens is 1. The molecule has 1 heterocycles. The fraction of sp³-hybridized carbons (Fsp3) is 0.412. The van der Waals surface area contributed by atoms with E-state index in [0.29, 0.717) is 16.3 Å². The van der Waals surface area contributed by atoms with Crippen molar-refractivity contribution in [3.8, 4) is 0 Å². The van der Waals surface area contributed by atoms with E-state index in [-0.39, 0.29) is 18.6 Å². The summed E-state index contributed by atoms with van der Waals surface area (Å²) in [6.45, 7) is 3.50. The zero-order valence-electron chi connectivity index (χ0n) is 13.4. The highest BCUT2D eigenvalue weighted by Crippen LogP contribution is 2.44. The number of hydrogen-bond acceptors (Lipinski definition) is 4. The van der Waals surface area contributed by atoms with Crippen LogP contribution < -0.4 is 5.56 Å². The Labute approximate surface area is 143 Å². The van der Waals surface area contributed by atoms with Crippen LogP contribution >= 0.6 is 11.6 Å². The molecule has 1 aliphatic rings. The molecule has 6 nitrogen and oxygen atoms in total. The first-order valence-corrected chi connectivity index (χ1v) is 8.17. The summed E-state index contributed by atoms with van der Waals surface area (Å²) < 4.78 is 5.18. The molecule has 128 valence electrons. The summed E-state index contributed by atoms with van der Waals surface area (Å²) in [5, 5.41) is 16.8. The topological polar surface area (TPSA) is 95.2 Å². The first-order valence-electron chi connectivity index (χ1n) is 7.79. The average molecular weight is 351 g/mol. The van der Waals surface area contributed by atoms with Crippen LogP contribution in [0.2, 0.25) is 5.02 Å². The highest BCUT2D eigenvalue weighted by molar-refractivity contribution is 6.30. The van der Waals surface area contributed by atoms with Crippen molar-refractivity contribution in [2.75, 3.05) is 6.61 Å². The number of carbonyl (C=O) groups excluding carboxylic acids is 1. The van der Waals surface area contributed by atoms with Crippen LogP contribution in [0.1, 0.15) is 36.6 Å². The van der Waals surface area contributed by atoms with E-state index in [2.05, 4.69) is 10.2 Å². The van der Waals surface area contributed by atoms with Gasteiger partial charge in [0.2, 0.25) is 0 Å². The van der Waals surface area contributed by atoms with E-state index in [1.54, 1.807) is 38.1 Å². The second-order valence-electron chi connectivity index (χ2n) is 6.26. The molecule has 0 saturated carbocycles. The van der Waals surface area contributed by atoms with Crippen LogP contribution in [-0.4, -0.2) is 33.5 Å². The van der Waals surface area contributed by atoms with Crippen LogP contribution in [0.15, 0.2) is 29.1 Å². The van der Waals surface area contributed by atoms with Gasteiger partial charge in [0.05, 0.1) is 18.1 Å². The lowest BCUT2D eigenvalue weighted by atomic mass is 9.66. The number of benzene rings is 1. The van der Waals surface area contributed by atoms with Crippen LogP contribution in [-0.2, 0) is 16.0 Å². The summed E-state index contributed by atoms with van der Waals surface area (Å²) in [7, 11) is 0. The first kappa shape index (κ1) is 16.8. The number of hydrogen-bond donors (Lipinski definition) is 3. The van der Waals surface area contributed by atoms with Crippen molar-refractivity contribution in [1.82, 2.24) is 10.2 Å². The van der Waals surface area contributed by atoms with Gasteiger partial charge in [-0.15, -0.1) is 0 Å². The number of esters is 1. The van der Waals surface area contributed by atoms with Crippen LogP contribution in [0.5, 0.6) is 0 Å². The van der Waals surface area contributed by atoms with Crippen molar-refractivity contribution < 1.29 is 14.6 Å². The Morgan fingerprint density at radius 2 is 2.04 bits per heavy atom. The maximum absolute atomic E-state index is 12.6. The predicted octanol–water partition coefficient (Wildman–Crippen LogP) is 1.97. The Kier molecular flexibility index (Phi) is 4.27. The van der Waals surface area contributed by atoms with E-state index >= 15 is 0 Å². The Morgan fingerprint density at radius 3 is 2.67 bits per heavy atom. The standard InChI is InChI=1S/C17H19ClN2O4/c1-3-24-16(22)14-12(9-4-6-10(18)7-5-9)13-11(8-17(14,2)23)19-20-15(13)21/h4-7,12,14,23H,3,8H2,1-2H3,(H2,19,20,21). The highest BCUT2D eigenvalue weighted by Gasteiger charge is 2.51. The maximum Gasteiger partial charge on any atom is 0.312 e. The van der Waals surface area contributed by atoms with E-state index in [9.17, 15) is 14.7 Å². The van der Waals surface area contributed by atoms with Gasteiger partial charge in [-0.25, -0.2) is 0 Å². The monoisotopic (exact) mass is 350 g/mol. The van der Waals surface area contributed by atoms with Crippen LogP contribution in [0.3, 0.4) is 0 Å². The van der Waals surface area contributed by atoms with Gasteiger partial charge < -0.3 is 14.9 Å². The van der Waals surface area contributed by atoms with E-state index in [4.69, 9.17) is 16.3 Å². The van der Waals surface area contributed by atoms with Gasteiger partial charge in [-0.2, -0.15) is 0 Å². The van der Waals surface area contributed by atoms with E-state index in [1.165, 1.54) is 0 Å². The molecule has 3 atom stereocenters. The maximum atomic E-state index is 12.6. The highest BCUT2D eigenvalue weighted by atomic mass is 35.5. The first-order chi connectivity index (χ1) is 11.3. The summed E-state index contributed by atoms with van der Waals surface area (Å²) in [6.07, 6.45) is 0.161. The molecule has 0 aliphatic heterocycles. The van der Waals surface area contributed by atoms with Gasteiger partial charge in [0.15, 0.2) is 0 Å². The third kappa shape index (κ3) is 2.76. The molecule has 1 aromatic heterocycles. The fourth-order valence-electron chi connectivity index (χ4n) is 3.52. The molecule has 2 aromatic rings. The van der Waals surface area contributed by atoms with Gasteiger partial charge in [0, 0.05) is 28.6 Å².